The van der Waals surface area contributed by atoms with E-state index in [-0.39, 0.29) is 0 Å². The Balaban J connectivity index is 2.42. The standard InChI is InChI=1S/C13H13ClN2O/c1-2-17-11-5-9(7-16-8-11)12-4-3-10(14)6-13(12)15/h3-8H,2,15H2,1H3. The van der Waals surface area contributed by atoms with Gasteiger partial charge < -0.3 is 10.5 Å². The van der Waals surface area contributed by atoms with Crippen molar-refractivity contribution in [2.45, 2.75) is 6.92 Å². The van der Waals surface area contributed by atoms with Gasteiger partial charge in [0.2, 0.25) is 0 Å². The van der Waals surface area contributed by atoms with Gasteiger partial charge in [-0.25, -0.2) is 0 Å². The van der Waals surface area contributed by atoms with E-state index in [2.05, 4.69) is 4.98 Å². The minimum Gasteiger partial charge on any atom is -0.492 e. The molecule has 17 heavy (non-hydrogen) atoms. The summed E-state index contributed by atoms with van der Waals surface area (Å²) in [6.07, 6.45) is 3.43. The monoisotopic (exact) mass is 248 g/mol. The molecule has 0 amide bonds. The number of benzene rings is 1. The summed E-state index contributed by atoms with van der Waals surface area (Å²) in [7, 11) is 0. The number of pyridine rings is 1. The first-order chi connectivity index (χ1) is 8.20. The van der Waals surface area contributed by atoms with Gasteiger partial charge in [0.05, 0.1) is 12.8 Å². The van der Waals surface area contributed by atoms with E-state index in [1.54, 1.807) is 24.5 Å². The smallest absolute Gasteiger partial charge is 0.138 e. The summed E-state index contributed by atoms with van der Waals surface area (Å²) in [5, 5.41) is 0.625. The molecule has 2 aromatic rings. The Bertz CT molecular complexity index is 529. The summed E-state index contributed by atoms with van der Waals surface area (Å²) < 4.78 is 5.40. The molecule has 1 aromatic heterocycles. The van der Waals surface area contributed by atoms with E-state index < -0.39 is 0 Å². The maximum Gasteiger partial charge on any atom is 0.138 e. The van der Waals surface area contributed by atoms with Crippen LogP contribution in [0.25, 0.3) is 11.1 Å². The molecule has 0 saturated heterocycles. The average Bonchev–Trinajstić information content (AvgIpc) is 2.29. The third-order valence-electron chi connectivity index (χ3n) is 2.35. The van der Waals surface area contributed by atoms with Crippen LogP contribution in [0.2, 0.25) is 5.02 Å². The number of hydrogen-bond donors (Lipinski definition) is 1. The van der Waals surface area contributed by atoms with Gasteiger partial charge in [0.15, 0.2) is 0 Å². The summed E-state index contributed by atoms with van der Waals surface area (Å²) in [5.41, 5.74) is 8.38. The lowest BCUT2D eigenvalue weighted by atomic mass is 10.1. The number of aromatic nitrogens is 1. The lowest BCUT2D eigenvalue weighted by molar-refractivity contribution is 0.339. The van der Waals surface area contributed by atoms with Crippen LogP contribution >= 0.6 is 11.6 Å². The Morgan fingerprint density at radius 3 is 2.82 bits per heavy atom. The Hall–Kier alpha value is -1.74. The Kier molecular flexibility index (Phi) is 3.49. The zero-order valence-corrected chi connectivity index (χ0v) is 10.2. The average molecular weight is 249 g/mol. The van der Waals surface area contributed by atoms with Crippen LogP contribution in [-0.2, 0) is 0 Å². The van der Waals surface area contributed by atoms with E-state index >= 15 is 0 Å². The maximum atomic E-state index is 5.92. The highest BCUT2D eigenvalue weighted by molar-refractivity contribution is 6.31. The molecule has 0 saturated carbocycles. The normalized spacial score (nSPS) is 10.2. The number of nitrogens with two attached hydrogens (primary N) is 1. The molecule has 2 N–H and O–H groups in total. The van der Waals surface area contributed by atoms with Crippen LogP contribution in [-0.4, -0.2) is 11.6 Å². The molecule has 0 aliphatic rings. The van der Waals surface area contributed by atoms with Gasteiger partial charge in [0.1, 0.15) is 5.75 Å². The number of nitrogens with zero attached hydrogens (tertiary/aromatic N) is 1. The molecule has 0 fully saturated rings. The van der Waals surface area contributed by atoms with Crippen LogP contribution in [0.1, 0.15) is 6.92 Å². The van der Waals surface area contributed by atoms with Gasteiger partial charge in [-0.3, -0.25) is 4.98 Å². The van der Waals surface area contributed by atoms with Crippen molar-refractivity contribution in [3.63, 3.8) is 0 Å². The van der Waals surface area contributed by atoms with E-state index in [1.165, 1.54) is 0 Å². The number of hydrogen-bond acceptors (Lipinski definition) is 3. The summed E-state index contributed by atoms with van der Waals surface area (Å²) in [5.74, 6) is 0.736. The molecule has 1 heterocycles. The highest BCUT2D eigenvalue weighted by Gasteiger charge is 2.05. The molecule has 0 atom stereocenters. The van der Waals surface area contributed by atoms with E-state index in [4.69, 9.17) is 22.1 Å². The van der Waals surface area contributed by atoms with Gasteiger partial charge >= 0.3 is 0 Å². The molecule has 1 aromatic carbocycles. The molecule has 0 aliphatic heterocycles. The number of nitrogen functional groups attached to an aromatic ring is 1. The van der Waals surface area contributed by atoms with Gasteiger partial charge in [-0.1, -0.05) is 17.7 Å². The van der Waals surface area contributed by atoms with E-state index in [0.29, 0.717) is 17.3 Å². The summed E-state index contributed by atoms with van der Waals surface area (Å²) in [6, 6.07) is 7.32. The Labute approximate surface area is 105 Å². The molecular formula is C13H13ClN2O. The van der Waals surface area contributed by atoms with Gasteiger partial charge in [0, 0.05) is 28.0 Å². The van der Waals surface area contributed by atoms with Crippen LogP contribution in [0.5, 0.6) is 5.75 Å². The summed E-state index contributed by atoms with van der Waals surface area (Å²) in [4.78, 5) is 4.13. The molecule has 0 bridgehead atoms. The van der Waals surface area contributed by atoms with Crippen LogP contribution in [0, 0.1) is 0 Å². The third kappa shape index (κ3) is 2.68. The van der Waals surface area contributed by atoms with E-state index in [0.717, 1.165) is 16.9 Å². The predicted molar refractivity (Wildman–Crippen MR) is 70.3 cm³/mol. The number of halogens is 1. The second kappa shape index (κ2) is 5.06. The number of anilines is 1. The van der Waals surface area contributed by atoms with Crippen molar-refractivity contribution in [3.05, 3.63) is 41.7 Å². The Morgan fingerprint density at radius 1 is 1.29 bits per heavy atom. The quantitative estimate of drug-likeness (QED) is 0.847. The lowest BCUT2D eigenvalue weighted by Gasteiger charge is -2.08. The van der Waals surface area contributed by atoms with Crippen LogP contribution in [0.4, 0.5) is 5.69 Å². The molecule has 3 nitrogen and oxygen atoms in total. The SMILES string of the molecule is CCOc1cncc(-c2ccc(Cl)cc2N)c1. The molecule has 0 aliphatic carbocycles. The molecule has 2 rings (SSSR count). The fraction of sp³-hybridized carbons (Fsp3) is 0.154. The number of ether oxygens (including phenoxy) is 1. The fourth-order valence-electron chi connectivity index (χ4n) is 1.61. The lowest BCUT2D eigenvalue weighted by Crippen LogP contribution is -1.94. The number of rotatable bonds is 3. The summed E-state index contributed by atoms with van der Waals surface area (Å²) in [6.45, 7) is 2.55. The molecule has 4 heteroatoms. The fourth-order valence-corrected chi connectivity index (χ4v) is 1.79. The van der Waals surface area contributed by atoms with Gasteiger partial charge in [-0.15, -0.1) is 0 Å². The van der Waals surface area contributed by atoms with Crippen molar-refractivity contribution in [2.24, 2.45) is 0 Å². The molecule has 0 radical (unpaired) electrons. The molecular weight excluding hydrogens is 236 g/mol. The van der Waals surface area contributed by atoms with Crippen molar-refractivity contribution < 1.29 is 4.74 Å². The minimum absolute atomic E-state index is 0.612. The largest absolute Gasteiger partial charge is 0.492 e. The van der Waals surface area contributed by atoms with Gasteiger partial charge in [-0.05, 0) is 25.1 Å². The molecule has 0 unspecified atom stereocenters. The summed E-state index contributed by atoms with van der Waals surface area (Å²) >= 11 is 5.87. The maximum absolute atomic E-state index is 5.92. The molecule has 0 spiro atoms. The topological polar surface area (TPSA) is 48.1 Å². The third-order valence-corrected chi connectivity index (χ3v) is 2.58. The minimum atomic E-state index is 0.612. The van der Waals surface area contributed by atoms with Gasteiger partial charge in [0.25, 0.3) is 0 Å². The first-order valence-corrected chi connectivity index (χ1v) is 5.71. The van der Waals surface area contributed by atoms with Crippen molar-refractivity contribution >= 4 is 17.3 Å². The van der Waals surface area contributed by atoms with E-state index in [1.807, 2.05) is 19.1 Å². The zero-order valence-electron chi connectivity index (χ0n) is 9.48. The second-order valence-electron chi connectivity index (χ2n) is 3.57. The van der Waals surface area contributed by atoms with Crippen LogP contribution in [0.3, 0.4) is 0 Å². The molecule has 88 valence electrons. The Morgan fingerprint density at radius 2 is 2.12 bits per heavy atom. The van der Waals surface area contributed by atoms with Crippen LogP contribution < -0.4 is 10.5 Å². The van der Waals surface area contributed by atoms with Crippen molar-refractivity contribution in [2.75, 3.05) is 12.3 Å². The highest BCUT2D eigenvalue weighted by Crippen LogP contribution is 2.29. The van der Waals surface area contributed by atoms with Crippen molar-refractivity contribution in [1.29, 1.82) is 0 Å². The van der Waals surface area contributed by atoms with Crippen molar-refractivity contribution in [3.8, 4) is 16.9 Å². The second-order valence-corrected chi connectivity index (χ2v) is 4.01. The van der Waals surface area contributed by atoms with Crippen LogP contribution in [0.15, 0.2) is 36.7 Å². The predicted octanol–water partition coefficient (Wildman–Crippen LogP) is 3.38. The van der Waals surface area contributed by atoms with Gasteiger partial charge in [-0.2, -0.15) is 0 Å². The van der Waals surface area contributed by atoms with Crippen molar-refractivity contribution in [1.82, 2.24) is 4.98 Å². The highest BCUT2D eigenvalue weighted by atomic mass is 35.5. The van der Waals surface area contributed by atoms with E-state index in [9.17, 15) is 0 Å². The first-order valence-electron chi connectivity index (χ1n) is 5.34. The zero-order chi connectivity index (χ0) is 12.3. The first kappa shape index (κ1) is 11.7.